The molecule has 1 aliphatic heterocycles. The van der Waals surface area contributed by atoms with Gasteiger partial charge in [-0.2, -0.15) is 0 Å². The number of ether oxygens (including phenoxy) is 1. The lowest BCUT2D eigenvalue weighted by Crippen LogP contribution is -2.45. The van der Waals surface area contributed by atoms with Crippen LogP contribution in [0.4, 0.5) is 10.5 Å². The van der Waals surface area contributed by atoms with E-state index in [-0.39, 0.29) is 18.1 Å². The molecule has 2 amide bonds. The Balaban J connectivity index is 2.34. The maximum absolute atomic E-state index is 12.6. The number of esters is 1. The minimum atomic E-state index is -0.924. The zero-order valence-corrected chi connectivity index (χ0v) is 15.4. The maximum Gasteiger partial charge on any atom is 0.338 e. The molecule has 0 saturated heterocycles. The average Bonchev–Trinajstić information content (AvgIpc) is 2.59. The van der Waals surface area contributed by atoms with Gasteiger partial charge in [-0.25, -0.2) is 9.59 Å². The van der Waals surface area contributed by atoms with Gasteiger partial charge in [-0.05, 0) is 30.9 Å². The molecule has 0 spiro atoms. The van der Waals surface area contributed by atoms with Gasteiger partial charge in [0.05, 0.1) is 23.1 Å². The van der Waals surface area contributed by atoms with Crippen LogP contribution in [-0.2, 0) is 9.53 Å². The molecule has 2 atom stereocenters. The number of carbonyl (C=O) groups is 2. The number of allylic oxidation sites excluding steroid dienone is 1. The zero-order valence-electron chi connectivity index (χ0n) is 15.4. The van der Waals surface area contributed by atoms with Crippen molar-refractivity contribution in [3.63, 3.8) is 0 Å². The number of rotatable bonds is 7. The minimum Gasteiger partial charge on any atom is -0.502 e. The summed E-state index contributed by atoms with van der Waals surface area (Å²) in [6, 6.07) is 2.24. The van der Waals surface area contributed by atoms with Gasteiger partial charge in [-0.3, -0.25) is 10.1 Å². The maximum atomic E-state index is 12.6. The van der Waals surface area contributed by atoms with E-state index < -0.39 is 34.4 Å². The van der Waals surface area contributed by atoms with Crippen LogP contribution in [0.5, 0.6) is 5.75 Å². The zero-order chi connectivity index (χ0) is 20.1. The van der Waals surface area contributed by atoms with Gasteiger partial charge in [0.1, 0.15) is 0 Å². The van der Waals surface area contributed by atoms with Gasteiger partial charge in [0.15, 0.2) is 5.75 Å². The van der Waals surface area contributed by atoms with Crippen LogP contribution in [0.15, 0.2) is 29.5 Å². The van der Waals surface area contributed by atoms with E-state index in [1.807, 2.05) is 13.8 Å². The molecule has 1 aromatic carbocycles. The molecule has 9 nitrogen and oxygen atoms in total. The number of nitrogens with one attached hydrogen (secondary N) is 2. The number of phenols is 1. The van der Waals surface area contributed by atoms with E-state index in [0.29, 0.717) is 11.3 Å². The minimum absolute atomic E-state index is 0.165. The Morgan fingerprint density at radius 2 is 2.15 bits per heavy atom. The molecule has 0 radical (unpaired) electrons. The number of nitro benzene ring substituents is 1. The quantitative estimate of drug-likeness (QED) is 0.380. The molecule has 2 rings (SSSR count). The summed E-state index contributed by atoms with van der Waals surface area (Å²) in [6.45, 7) is 5.81. The topological polar surface area (TPSA) is 131 Å². The van der Waals surface area contributed by atoms with Gasteiger partial charge < -0.3 is 20.5 Å². The van der Waals surface area contributed by atoms with Crippen molar-refractivity contribution in [2.75, 3.05) is 6.61 Å². The van der Waals surface area contributed by atoms with Crippen LogP contribution in [0.2, 0.25) is 0 Å². The fourth-order valence-corrected chi connectivity index (χ4v) is 2.95. The first-order valence-electron chi connectivity index (χ1n) is 8.67. The van der Waals surface area contributed by atoms with Gasteiger partial charge in [-0.1, -0.05) is 26.3 Å². The Bertz CT molecular complexity index is 789. The fraction of sp³-hybridized carbons (Fsp3) is 0.444. The van der Waals surface area contributed by atoms with Gasteiger partial charge in [0, 0.05) is 11.8 Å². The summed E-state index contributed by atoms with van der Waals surface area (Å²) in [5, 5.41) is 25.8. The van der Waals surface area contributed by atoms with Crippen LogP contribution < -0.4 is 10.6 Å². The van der Waals surface area contributed by atoms with Gasteiger partial charge >= 0.3 is 17.7 Å². The summed E-state index contributed by atoms with van der Waals surface area (Å²) in [7, 11) is 0. The summed E-state index contributed by atoms with van der Waals surface area (Å²) in [6.07, 6.45) is 1.88. The van der Waals surface area contributed by atoms with Crippen molar-refractivity contribution in [2.24, 2.45) is 5.92 Å². The van der Waals surface area contributed by atoms with Gasteiger partial charge in [-0.15, -0.1) is 0 Å². The monoisotopic (exact) mass is 377 g/mol. The summed E-state index contributed by atoms with van der Waals surface area (Å²) < 4.78 is 5.38. The van der Waals surface area contributed by atoms with Crippen LogP contribution in [0, 0.1) is 16.0 Å². The molecule has 0 aliphatic carbocycles. The highest BCUT2D eigenvalue weighted by atomic mass is 16.6. The van der Waals surface area contributed by atoms with E-state index in [9.17, 15) is 24.8 Å². The molecule has 9 heteroatoms. The van der Waals surface area contributed by atoms with E-state index >= 15 is 0 Å². The molecule has 0 bridgehead atoms. The van der Waals surface area contributed by atoms with Crippen LogP contribution in [-0.4, -0.2) is 28.6 Å². The molecule has 27 heavy (non-hydrogen) atoms. The highest BCUT2D eigenvalue weighted by Gasteiger charge is 2.33. The van der Waals surface area contributed by atoms with Crippen molar-refractivity contribution in [3.8, 4) is 5.75 Å². The lowest BCUT2D eigenvalue weighted by Gasteiger charge is -2.28. The van der Waals surface area contributed by atoms with Crippen molar-refractivity contribution in [3.05, 3.63) is 45.1 Å². The number of aromatic hydroxyl groups is 1. The average molecular weight is 377 g/mol. The standard InChI is InChI=1S/C18H23N3O6/c1-4-5-10(2)9-27-17(23)15-11(3)19-18(24)20-16(15)12-6-7-14(22)13(8-12)21(25)26/h6-8,10,16,22H,4-5,9H2,1-3H3,(H2,19,20,24)/t10-,16+/m0/s1. The predicted octanol–water partition coefficient (Wildman–Crippen LogP) is 2.91. The summed E-state index contributed by atoms with van der Waals surface area (Å²) in [5.41, 5.74) is 0.260. The third-order valence-corrected chi connectivity index (χ3v) is 4.30. The van der Waals surface area contributed by atoms with Crippen LogP contribution in [0.3, 0.4) is 0 Å². The van der Waals surface area contributed by atoms with Crippen LogP contribution in [0.1, 0.15) is 45.2 Å². The third-order valence-electron chi connectivity index (χ3n) is 4.30. The second-order valence-corrected chi connectivity index (χ2v) is 6.57. The lowest BCUT2D eigenvalue weighted by molar-refractivity contribution is -0.385. The van der Waals surface area contributed by atoms with Crippen LogP contribution >= 0.6 is 0 Å². The third kappa shape index (κ3) is 4.75. The first kappa shape index (κ1) is 20.2. The van der Waals surface area contributed by atoms with Gasteiger partial charge in [0.2, 0.25) is 0 Å². The number of urea groups is 1. The Morgan fingerprint density at radius 3 is 2.78 bits per heavy atom. The number of nitrogens with zero attached hydrogens (tertiary/aromatic N) is 1. The van der Waals surface area contributed by atoms with Crippen LogP contribution in [0.25, 0.3) is 0 Å². The van der Waals surface area contributed by atoms with E-state index in [2.05, 4.69) is 10.6 Å². The molecule has 1 heterocycles. The number of hydrogen-bond donors (Lipinski definition) is 3. The van der Waals surface area contributed by atoms with Crippen molar-refractivity contribution in [2.45, 2.75) is 39.7 Å². The highest BCUT2D eigenvalue weighted by molar-refractivity contribution is 5.95. The Morgan fingerprint density at radius 1 is 1.44 bits per heavy atom. The number of hydrogen-bond acceptors (Lipinski definition) is 6. The molecule has 0 aromatic heterocycles. The number of phenolic OH excluding ortho intramolecular Hbond substituents is 1. The molecule has 1 aromatic rings. The SMILES string of the molecule is CCC[C@H](C)COC(=O)C1=C(C)NC(=O)N[C@@H]1c1ccc(O)c([N+](=O)[O-])c1. The summed E-state index contributed by atoms with van der Waals surface area (Å²) >= 11 is 0. The molecule has 0 unspecified atom stereocenters. The van der Waals surface area contributed by atoms with Crippen molar-refractivity contribution in [1.29, 1.82) is 0 Å². The molecule has 0 saturated carbocycles. The predicted molar refractivity (Wildman–Crippen MR) is 96.9 cm³/mol. The molecular weight excluding hydrogens is 354 g/mol. The first-order valence-corrected chi connectivity index (χ1v) is 8.67. The Labute approximate surface area is 156 Å². The summed E-state index contributed by atoms with van der Waals surface area (Å²) in [4.78, 5) is 34.9. The highest BCUT2D eigenvalue weighted by Crippen LogP contribution is 2.33. The molecular formula is C18H23N3O6. The van der Waals surface area contributed by atoms with Crippen molar-refractivity contribution >= 4 is 17.7 Å². The number of amides is 2. The molecule has 1 aliphatic rings. The van der Waals surface area contributed by atoms with E-state index in [0.717, 1.165) is 25.0 Å². The second kappa shape index (κ2) is 8.52. The molecule has 0 fully saturated rings. The number of carbonyl (C=O) groups excluding carboxylic acids is 2. The molecule has 3 N–H and O–H groups in total. The second-order valence-electron chi connectivity index (χ2n) is 6.57. The largest absolute Gasteiger partial charge is 0.502 e. The van der Waals surface area contributed by atoms with E-state index in [1.165, 1.54) is 6.07 Å². The van der Waals surface area contributed by atoms with E-state index in [4.69, 9.17) is 4.74 Å². The number of nitro groups is 1. The fourth-order valence-electron chi connectivity index (χ4n) is 2.95. The Hall–Kier alpha value is -3.10. The van der Waals surface area contributed by atoms with Crippen molar-refractivity contribution in [1.82, 2.24) is 10.6 Å². The summed E-state index contributed by atoms with van der Waals surface area (Å²) in [5.74, 6) is -0.912. The molecule has 146 valence electrons. The normalized spacial score (nSPS) is 17.7. The first-order chi connectivity index (χ1) is 12.7. The number of benzene rings is 1. The smallest absolute Gasteiger partial charge is 0.338 e. The Kier molecular flexibility index (Phi) is 6.38. The van der Waals surface area contributed by atoms with E-state index in [1.54, 1.807) is 6.92 Å². The van der Waals surface area contributed by atoms with Gasteiger partial charge in [0.25, 0.3) is 0 Å². The lowest BCUT2D eigenvalue weighted by atomic mass is 9.95. The van der Waals surface area contributed by atoms with Crippen molar-refractivity contribution < 1.29 is 24.4 Å².